The summed E-state index contributed by atoms with van der Waals surface area (Å²) >= 11 is 0. The fourth-order valence-electron chi connectivity index (χ4n) is 2.23. The van der Waals surface area contributed by atoms with Crippen molar-refractivity contribution in [1.82, 2.24) is 15.5 Å². The zero-order valence-electron chi connectivity index (χ0n) is 10.8. The molecule has 0 unspecified atom stereocenters. The number of hydrogen-bond donors (Lipinski definition) is 3. The highest BCUT2D eigenvalue weighted by Gasteiger charge is 2.14. The lowest BCUT2D eigenvalue weighted by molar-refractivity contribution is 0.102. The standard InChI is InChI=1S/C14H16N4O/c1-2-12-6-13(18-17-12)16-14(19)9-3-4-10-7-15-8-11(10)5-9/h3-6,15H,2,7-8H2,1H3,(H2,16,17,18,19). The Hall–Kier alpha value is -2.14. The van der Waals surface area contributed by atoms with Crippen molar-refractivity contribution in [2.24, 2.45) is 0 Å². The smallest absolute Gasteiger partial charge is 0.256 e. The lowest BCUT2D eigenvalue weighted by atomic mass is 10.1. The van der Waals surface area contributed by atoms with Crippen LogP contribution in [-0.2, 0) is 19.5 Å². The molecule has 0 atom stereocenters. The molecule has 19 heavy (non-hydrogen) atoms. The normalized spacial score (nSPS) is 13.3. The van der Waals surface area contributed by atoms with Crippen LogP contribution in [0.4, 0.5) is 5.82 Å². The molecule has 0 fully saturated rings. The molecule has 5 nitrogen and oxygen atoms in total. The molecule has 98 valence electrons. The molecule has 0 aliphatic carbocycles. The van der Waals surface area contributed by atoms with E-state index in [-0.39, 0.29) is 5.91 Å². The molecular weight excluding hydrogens is 240 g/mol. The molecule has 0 bridgehead atoms. The van der Waals surface area contributed by atoms with Crippen LogP contribution >= 0.6 is 0 Å². The third-order valence-corrected chi connectivity index (χ3v) is 3.35. The molecule has 0 saturated carbocycles. The molecule has 1 amide bonds. The predicted molar refractivity (Wildman–Crippen MR) is 72.9 cm³/mol. The van der Waals surface area contributed by atoms with Crippen molar-refractivity contribution in [3.8, 4) is 0 Å². The highest BCUT2D eigenvalue weighted by molar-refractivity contribution is 6.03. The van der Waals surface area contributed by atoms with Gasteiger partial charge in [-0.25, -0.2) is 0 Å². The molecule has 0 radical (unpaired) electrons. The van der Waals surface area contributed by atoms with Crippen LogP contribution in [-0.4, -0.2) is 16.1 Å². The molecule has 2 aromatic rings. The third-order valence-electron chi connectivity index (χ3n) is 3.35. The van der Waals surface area contributed by atoms with Crippen LogP contribution in [0.25, 0.3) is 0 Å². The Bertz CT molecular complexity index is 618. The zero-order chi connectivity index (χ0) is 13.2. The van der Waals surface area contributed by atoms with E-state index in [4.69, 9.17) is 0 Å². The van der Waals surface area contributed by atoms with Crippen LogP contribution in [0.15, 0.2) is 24.3 Å². The highest BCUT2D eigenvalue weighted by atomic mass is 16.1. The van der Waals surface area contributed by atoms with Gasteiger partial charge in [0.05, 0.1) is 0 Å². The maximum Gasteiger partial charge on any atom is 0.256 e. The first-order chi connectivity index (χ1) is 9.26. The summed E-state index contributed by atoms with van der Waals surface area (Å²) in [6.07, 6.45) is 0.868. The Labute approximate surface area is 111 Å². The number of aryl methyl sites for hydroxylation is 1. The minimum absolute atomic E-state index is 0.121. The molecule has 1 aliphatic heterocycles. The molecular formula is C14H16N4O. The van der Waals surface area contributed by atoms with E-state index in [0.717, 1.165) is 25.2 Å². The van der Waals surface area contributed by atoms with Gasteiger partial charge < -0.3 is 10.6 Å². The van der Waals surface area contributed by atoms with Crippen LogP contribution in [0.5, 0.6) is 0 Å². The maximum atomic E-state index is 12.1. The number of carbonyl (C=O) groups excluding carboxylic acids is 1. The van der Waals surface area contributed by atoms with Crippen molar-refractivity contribution in [1.29, 1.82) is 0 Å². The number of fused-ring (bicyclic) bond motifs is 1. The summed E-state index contributed by atoms with van der Waals surface area (Å²) in [5.41, 5.74) is 4.14. The second kappa shape index (κ2) is 4.85. The van der Waals surface area contributed by atoms with Gasteiger partial charge in [0.2, 0.25) is 0 Å². The van der Waals surface area contributed by atoms with Crippen molar-refractivity contribution in [3.63, 3.8) is 0 Å². The first-order valence-corrected chi connectivity index (χ1v) is 6.44. The number of aromatic amines is 1. The van der Waals surface area contributed by atoms with Gasteiger partial charge in [-0.1, -0.05) is 13.0 Å². The van der Waals surface area contributed by atoms with Gasteiger partial charge >= 0.3 is 0 Å². The second-order valence-corrected chi connectivity index (χ2v) is 4.67. The number of hydrogen-bond acceptors (Lipinski definition) is 3. The molecule has 1 aliphatic rings. The number of carbonyl (C=O) groups is 1. The number of rotatable bonds is 3. The average Bonchev–Trinajstić information content (AvgIpc) is 3.05. The monoisotopic (exact) mass is 256 g/mol. The van der Waals surface area contributed by atoms with Crippen LogP contribution in [0, 0.1) is 0 Å². The van der Waals surface area contributed by atoms with Gasteiger partial charge in [0, 0.05) is 30.4 Å². The number of amides is 1. The summed E-state index contributed by atoms with van der Waals surface area (Å²) < 4.78 is 0. The largest absolute Gasteiger partial charge is 0.309 e. The molecule has 5 heteroatoms. The van der Waals surface area contributed by atoms with Crippen LogP contribution in [0.2, 0.25) is 0 Å². The molecule has 3 rings (SSSR count). The van der Waals surface area contributed by atoms with Crippen molar-refractivity contribution in [2.75, 3.05) is 5.32 Å². The molecule has 0 saturated heterocycles. The number of nitrogens with one attached hydrogen (secondary N) is 3. The van der Waals surface area contributed by atoms with E-state index in [9.17, 15) is 4.79 Å². The van der Waals surface area contributed by atoms with Gasteiger partial charge in [-0.2, -0.15) is 5.10 Å². The quantitative estimate of drug-likeness (QED) is 0.784. The van der Waals surface area contributed by atoms with E-state index in [1.165, 1.54) is 11.1 Å². The maximum absolute atomic E-state index is 12.1. The summed E-state index contributed by atoms with van der Waals surface area (Å²) in [5, 5.41) is 13.0. The fraction of sp³-hybridized carbons (Fsp3) is 0.286. The highest BCUT2D eigenvalue weighted by Crippen LogP contribution is 2.18. The number of anilines is 1. The number of aromatic nitrogens is 2. The topological polar surface area (TPSA) is 69.8 Å². The van der Waals surface area contributed by atoms with E-state index >= 15 is 0 Å². The van der Waals surface area contributed by atoms with Gasteiger partial charge in [0.25, 0.3) is 5.91 Å². The second-order valence-electron chi connectivity index (χ2n) is 4.67. The Balaban J connectivity index is 1.76. The van der Waals surface area contributed by atoms with Gasteiger partial charge in [0.1, 0.15) is 0 Å². The minimum atomic E-state index is -0.121. The molecule has 0 spiro atoms. The van der Waals surface area contributed by atoms with E-state index in [2.05, 4.69) is 20.8 Å². The predicted octanol–water partition coefficient (Wildman–Crippen LogP) is 1.83. The van der Waals surface area contributed by atoms with Crippen LogP contribution in [0.3, 0.4) is 0 Å². The summed E-state index contributed by atoms with van der Waals surface area (Å²) in [6.45, 7) is 3.75. The van der Waals surface area contributed by atoms with E-state index in [1.807, 2.05) is 31.2 Å². The van der Waals surface area contributed by atoms with Crippen LogP contribution in [0.1, 0.15) is 34.1 Å². The Morgan fingerprint density at radius 3 is 2.95 bits per heavy atom. The first-order valence-electron chi connectivity index (χ1n) is 6.44. The molecule has 1 aromatic heterocycles. The summed E-state index contributed by atoms with van der Waals surface area (Å²) in [6, 6.07) is 7.66. The van der Waals surface area contributed by atoms with Gasteiger partial charge in [-0.15, -0.1) is 0 Å². The summed E-state index contributed by atoms with van der Waals surface area (Å²) in [4.78, 5) is 12.1. The fourth-order valence-corrected chi connectivity index (χ4v) is 2.23. The summed E-state index contributed by atoms with van der Waals surface area (Å²) in [5.74, 6) is 0.448. The van der Waals surface area contributed by atoms with Gasteiger partial charge in [0.15, 0.2) is 5.82 Å². The minimum Gasteiger partial charge on any atom is -0.309 e. The van der Waals surface area contributed by atoms with Crippen molar-refractivity contribution >= 4 is 11.7 Å². The number of benzene rings is 1. The number of H-pyrrole nitrogens is 1. The van der Waals surface area contributed by atoms with Gasteiger partial charge in [-0.05, 0) is 29.7 Å². The zero-order valence-corrected chi connectivity index (χ0v) is 10.8. The van der Waals surface area contributed by atoms with Crippen LogP contribution < -0.4 is 10.6 Å². The summed E-state index contributed by atoms with van der Waals surface area (Å²) in [7, 11) is 0. The van der Waals surface area contributed by atoms with E-state index in [0.29, 0.717) is 11.4 Å². The van der Waals surface area contributed by atoms with E-state index in [1.54, 1.807) is 0 Å². The first kappa shape index (κ1) is 11.9. The Morgan fingerprint density at radius 1 is 1.32 bits per heavy atom. The molecule has 1 aromatic carbocycles. The Kier molecular flexibility index (Phi) is 3.05. The number of nitrogens with zero attached hydrogens (tertiary/aromatic N) is 1. The van der Waals surface area contributed by atoms with Gasteiger partial charge in [-0.3, -0.25) is 9.89 Å². The van der Waals surface area contributed by atoms with Crippen molar-refractivity contribution < 1.29 is 4.79 Å². The molecule has 3 N–H and O–H groups in total. The SMILES string of the molecule is CCc1cc(NC(=O)c2ccc3c(c2)CNC3)n[nH]1. The van der Waals surface area contributed by atoms with Crippen molar-refractivity contribution in [2.45, 2.75) is 26.4 Å². The average molecular weight is 256 g/mol. The van der Waals surface area contributed by atoms with Crippen molar-refractivity contribution in [3.05, 3.63) is 46.6 Å². The third kappa shape index (κ3) is 2.37. The van der Waals surface area contributed by atoms with E-state index < -0.39 is 0 Å². The lowest BCUT2D eigenvalue weighted by Gasteiger charge is -2.04. The Morgan fingerprint density at radius 2 is 2.16 bits per heavy atom. The lowest BCUT2D eigenvalue weighted by Crippen LogP contribution is -2.12. The molecule has 2 heterocycles.